The van der Waals surface area contributed by atoms with Crippen molar-refractivity contribution in [3.63, 3.8) is 0 Å². The lowest BCUT2D eigenvalue weighted by Gasteiger charge is -1.88. The molecule has 5 nitrogen and oxygen atoms in total. The van der Waals surface area contributed by atoms with Crippen LogP contribution >= 0.6 is 0 Å². The van der Waals surface area contributed by atoms with Crippen LogP contribution in [0.15, 0.2) is 0 Å². The normalized spacial score (nSPS) is 9.20. The molecule has 0 radical (unpaired) electrons. The second-order valence-electron chi connectivity index (χ2n) is 1.86. The summed E-state index contributed by atoms with van der Waals surface area (Å²) in [6, 6.07) is 0. The number of anilines is 2. The first kappa shape index (κ1) is 6.42. The Bertz CT molecular complexity index is 292. The van der Waals surface area contributed by atoms with Gasteiger partial charge in [-0.05, 0) is 5.10 Å². The molecule has 0 aliphatic rings. The number of hydrogen-bond donors (Lipinski definition) is 2. The summed E-state index contributed by atoms with van der Waals surface area (Å²) in [4.78, 5) is 3.06. The van der Waals surface area contributed by atoms with Crippen LogP contribution in [-0.2, 0) is 7.05 Å². The van der Waals surface area contributed by atoms with Crippen molar-refractivity contribution in [1.29, 1.82) is 0 Å². The number of rotatable bonds is 0. The summed E-state index contributed by atoms with van der Waals surface area (Å²) in [6.07, 6.45) is 0. The molecule has 4 N–H and O–H groups in total. The van der Waals surface area contributed by atoms with Gasteiger partial charge in [-0.3, -0.25) is 0 Å². The van der Waals surface area contributed by atoms with Crippen molar-refractivity contribution in [2.45, 2.75) is 0 Å². The highest BCUT2D eigenvalue weighted by atomic mass is 15.3. The average Bonchev–Trinajstić information content (AvgIpc) is 2.17. The molecular formula is C5H7N5. The van der Waals surface area contributed by atoms with Crippen LogP contribution in [0.1, 0.15) is 0 Å². The van der Waals surface area contributed by atoms with E-state index in [9.17, 15) is 0 Å². The maximum atomic E-state index is 6.61. The molecule has 1 rings (SSSR count). The fourth-order valence-electron chi connectivity index (χ4n) is 0.621. The predicted molar refractivity (Wildman–Crippen MR) is 38.3 cm³/mol. The highest BCUT2D eigenvalue weighted by molar-refractivity contribution is 5.74. The third-order valence-electron chi connectivity index (χ3n) is 1.22. The van der Waals surface area contributed by atoms with Crippen molar-refractivity contribution in [2.24, 2.45) is 7.05 Å². The molecule has 5 heteroatoms. The second kappa shape index (κ2) is 1.92. The first-order valence-corrected chi connectivity index (χ1v) is 2.62. The molecule has 1 heterocycles. The van der Waals surface area contributed by atoms with Gasteiger partial charge >= 0.3 is 5.82 Å². The molecule has 0 fully saturated rings. The van der Waals surface area contributed by atoms with Crippen molar-refractivity contribution in [3.05, 3.63) is 11.4 Å². The molecule has 10 heavy (non-hydrogen) atoms. The third-order valence-corrected chi connectivity index (χ3v) is 1.22. The molecule has 0 saturated carbocycles. The largest absolute Gasteiger partial charge is 0.403 e. The summed E-state index contributed by atoms with van der Waals surface area (Å²) < 4.78 is 1.38. The van der Waals surface area contributed by atoms with Crippen molar-refractivity contribution < 1.29 is 0 Å². The Kier molecular flexibility index (Phi) is 1.23. The topological polar surface area (TPSA) is 74.2 Å². The van der Waals surface area contributed by atoms with Crippen molar-refractivity contribution in [1.82, 2.24) is 9.78 Å². The Morgan fingerprint density at radius 1 is 1.60 bits per heavy atom. The van der Waals surface area contributed by atoms with E-state index in [1.807, 2.05) is 0 Å². The summed E-state index contributed by atoms with van der Waals surface area (Å²) >= 11 is 0. The Hall–Kier alpha value is -1.70. The van der Waals surface area contributed by atoms with Crippen LogP contribution in [0.4, 0.5) is 17.3 Å². The number of nitrogen functional groups attached to an aromatic ring is 2. The van der Waals surface area contributed by atoms with Crippen LogP contribution in [0.3, 0.4) is 0 Å². The maximum absolute atomic E-state index is 6.61. The Morgan fingerprint density at radius 3 is 2.40 bits per heavy atom. The average molecular weight is 137 g/mol. The first-order chi connectivity index (χ1) is 4.66. The van der Waals surface area contributed by atoms with E-state index in [1.54, 1.807) is 7.05 Å². The standard InChI is InChI=1S/C5H7N5/c1-8-5-3(6)4(7)10(2)9-5/h6-7H2,2H3. The van der Waals surface area contributed by atoms with Crippen molar-refractivity contribution >= 4 is 17.3 Å². The van der Waals surface area contributed by atoms with Crippen LogP contribution in [0, 0.1) is 6.57 Å². The van der Waals surface area contributed by atoms with Gasteiger partial charge in [0.05, 0.1) is 7.05 Å². The minimum Gasteiger partial charge on any atom is -0.403 e. The summed E-state index contributed by atoms with van der Waals surface area (Å²) in [6.45, 7) is 6.61. The van der Waals surface area contributed by atoms with E-state index in [1.165, 1.54) is 4.68 Å². The molecule has 0 unspecified atom stereocenters. The van der Waals surface area contributed by atoms with Gasteiger partial charge in [0.25, 0.3) is 0 Å². The zero-order chi connectivity index (χ0) is 7.72. The fourth-order valence-corrected chi connectivity index (χ4v) is 0.621. The summed E-state index contributed by atoms with van der Waals surface area (Å²) in [5, 5.41) is 3.74. The van der Waals surface area contributed by atoms with Crippen molar-refractivity contribution in [2.75, 3.05) is 11.5 Å². The van der Waals surface area contributed by atoms with E-state index in [0.717, 1.165) is 0 Å². The number of aromatic nitrogens is 2. The molecule has 1 aromatic rings. The zero-order valence-electron chi connectivity index (χ0n) is 5.50. The van der Waals surface area contributed by atoms with E-state index < -0.39 is 0 Å². The van der Waals surface area contributed by atoms with Crippen LogP contribution in [0.25, 0.3) is 4.85 Å². The summed E-state index contributed by atoms with van der Waals surface area (Å²) in [5.41, 5.74) is 11.1. The van der Waals surface area contributed by atoms with Gasteiger partial charge in [-0.2, -0.15) is 4.68 Å². The van der Waals surface area contributed by atoms with E-state index >= 15 is 0 Å². The van der Waals surface area contributed by atoms with E-state index in [4.69, 9.17) is 18.0 Å². The van der Waals surface area contributed by atoms with Gasteiger partial charge in [-0.25, -0.2) is 0 Å². The SMILES string of the molecule is [C-]#[N+]c1nn(C)c(N)c1N. The molecule has 0 bridgehead atoms. The van der Waals surface area contributed by atoms with Gasteiger partial charge in [-0.15, -0.1) is 0 Å². The first-order valence-electron chi connectivity index (χ1n) is 2.62. The summed E-state index contributed by atoms with van der Waals surface area (Å²) in [5.74, 6) is 0.506. The molecule has 0 saturated heterocycles. The molecule has 52 valence electrons. The quantitative estimate of drug-likeness (QED) is 0.499. The second-order valence-corrected chi connectivity index (χ2v) is 1.86. The van der Waals surface area contributed by atoms with E-state index in [0.29, 0.717) is 5.82 Å². The van der Waals surface area contributed by atoms with Gasteiger partial charge in [0.1, 0.15) is 5.69 Å². The van der Waals surface area contributed by atoms with Crippen LogP contribution < -0.4 is 11.5 Å². The Balaban J connectivity index is 3.34. The smallest absolute Gasteiger partial charge is 0.320 e. The maximum Gasteiger partial charge on any atom is 0.320 e. The lowest BCUT2D eigenvalue weighted by molar-refractivity contribution is 0.785. The lowest BCUT2D eigenvalue weighted by Crippen LogP contribution is -1.98. The lowest BCUT2D eigenvalue weighted by atomic mass is 10.5. The number of hydrogen-bond acceptors (Lipinski definition) is 3. The minimum absolute atomic E-state index is 0.167. The van der Waals surface area contributed by atoms with Gasteiger partial charge < -0.3 is 16.3 Å². The third kappa shape index (κ3) is 0.666. The monoisotopic (exact) mass is 137 g/mol. The molecule has 0 amide bonds. The van der Waals surface area contributed by atoms with Crippen molar-refractivity contribution in [3.8, 4) is 0 Å². The minimum atomic E-state index is 0.167. The molecule has 0 aliphatic carbocycles. The van der Waals surface area contributed by atoms with Crippen LogP contribution in [-0.4, -0.2) is 9.78 Å². The molecule has 0 spiro atoms. The van der Waals surface area contributed by atoms with Crippen LogP contribution in [0.5, 0.6) is 0 Å². The fraction of sp³-hybridized carbons (Fsp3) is 0.200. The molecule has 0 aliphatic heterocycles. The van der Waals surface area contributed by atoms with E-state index in [-0.39, 0.29) is 11.5 Å². The molecule has 0 aromatic carbocycles. The Labute approximate surface area is 58.1 Å². The number of aryl methyl sites for hydroxylation is 1. The summed E-state index contributed by atoms with van der Waals surface area (Å²) in [7, 11) is 1.64. The predicted octanol–water partition coefficient (Wildman–Crippen LogP) is 0.135. The number of nitrogens with two attached hydrogens (primary N) is 2. The van der Waals surface area contributed by atoms with E-state index in [2.05, 4.69) is 9.94 Å². The number of nitrogens with zero attached hydrogens (tertiary/aromatic N) is 3. The Morgan fingerprint density at radius 2 is 2.20 bits per heavy atom. The van der Waals surface area contributed by atoms with Gasteiger partial charge in [0.15, 0.2) is 5.82 Å². The molecule has 1 aromatic heterocycles. The molecule has 0 atom stereocenters. The highest BCUT2D eigenvalue weighted by Gasteiger charge is 2.10. The molecular weight excluding hydrogens is 130 g/mol. The zero-order valence-corrected chi connectivity index (χ0v) is 5.50. The highest BCUT2D eigenvalue weighted by Crippen LogP contribution is 2.25. The van der Waals surface area contributed by atoms with Gasteiger partial charge in [-0.1, -0.05) is 6.57 Å². The van der Waals surface area contributed by atoms with Crippen LogP contribution in [0.2, 0.25) is 0 Å². The van der Waals surface area contributed by atoms with Gasteiger partial charge in [0, 0.05) is 0 Å². The van der Waals surface area contributed by atoms with Gasteiger partial charge in [0.2, 0.25) is 0 Å².